The summed E-state index contributed by atoms with van der Waals surface area (Å²) in [6.07, 6.45) is 13.7. The summed E-state index contributed by atoms with van der Waals surface area (Å²) in [5.41, 5.74) is 6.29. The van der Waals surface area contributed by atoms with Crippen LogP contribution in [-0.4, -0.2) is 6.54 Å². The van der Waals surface area contributed by atoms with E-state index < -0.39 is 0 Å². The van der Waals surface area contributed by atoms with Gasteiger partial charge in [0.05, 0.1) is 0 Å². The molecule has 0 rings (SSSR count). The molecule has 16 heavy (non-hydrogen) atoms. The van der Waals surface area contributed by atoms with Crippen molar-refractivity contribution in [1.29, 1.82) is 0 Å². The van der Waals surface area contributed by atoms with E-state index in [1.807, 2.05) is 0 Å². The molecule has 0 aromatic heterocycles. The monoisotopic (exact) mass is 227 g/mol. The van der Waals surface area contributed by atoms with Crippen molar-refractivity contribution in [3.8, 4) is 0 Å². The van der Waals surface area contributed by atoms with Gasteiger partial charge in [0.15, 0.2) is 0 Å². The van der Waals surface area contributed by atoms with Crippen molar-refractivity contribution < 1.29 is 0 Å². The van der Waals surface area contributed by atoms with Gasteiger partial charge in [0.25, 0.3) is 0 Å². The van der Waals surface area contributed by atoms with Crippen LogP contribution in [0.2, 0.25) is 0 Å². The molecule has 0 heterocycles. The van der Waals surface area contributed by atoms with Crippen LogP contribution in [0.1, 0.15) is 85.0 Å². The Morgan fingerprint density at radius 3 is 1.81 bits per heavy atom. The van der Waals surface area contributed by atoms with Gasteiger partial charge in [-0.05, 0) is 24.8 Å². The predicted octanol–water partition coefficient (Wildman–Crippen LogP) is 4.89. The number of unbranched alkanes of at least 4 members (excludes halogenated alkanes) is 6. The fraction of sp³-hybridized carbons (Fsp3) is 1.00. The zero-order valence-electron chi connectivity index (χ0n) is 11.9. The topological polar surface area (TPSA) is 26.0 Å². The van der Waals surface area contributed by atoms with Gasteiger partial charge >= 0.3 is 0 Å². The molecule has 0 spiro atoms. The van der Waals surface area contributed by atoms with E-state index in [1.54, 1.807) is 0 Å². The summed E-state index contributed by atoms with van der Waals surface area (Å²) in [6.45, 7) is 7.75. The van der Waals surface area contributed by atoms with E-state index in [0.717, 1.165) is 6.54 Å². The number of hydrogen-bond donors (Lipinski definition) is 1. The zero-order chi connectivity index (χ0) is 12.3. The standard InChI is InChI=1S/C15H33N/c1-4-6-7-8-9-10-11-13-15(3,14-16)12-5-2/h4-14,16H2,1-3H3. The lowest BCUT2D eigenvalue weighted by atomic mass is 9.80. The van der Waals surface area contributed by atoms with Crippen molar-refractivity contribution >= 4 is 0 Å². The van der Waals surface area contributed by atoms with Gasteiger partial charge in [-0.1, -0.05) is 72.1 Å². The molecule has 0 amide bonds. The Kier molecular flexibility index (Phi) is 10.1. The molecule has 0 aliphatic rings. The maximum atomic E-state index is 5.87. The lowest BCUT2D eigenvalue weighted by molar-refractivity contribution is 0.269. The van der Waals surface area contributed by atoms with Gasteiger partial charge in [-0.3, -0.25) is 0 Å². The molecule has 0 aliphatic carbocycles. The van der Waals surface area contributed by atoms with Gasteiger partial charge in [-0.2, -0.15) is 0 Å². The third kappa shape index (κ3) is 8.15. The van der Waals surface area contributed by atoms with Crippen LogP contribution in [-0.2, 0) is 0 Å². The summed E-state index contributed by atoms with van der Waals surface area (Å²) in [5, 5.41) is 0. The van der Waals surface area contributed by atoms with Crippen LogP contribution < -0.4 is 5.73 Å². The Labute approximate surface area is 103 Å². The van der Waals surface area contributed by atoms with Gasteiger partial charge in [-0.25, -0.2) is 0 Å². The average Bonchev–Trinajstić information content (AvgIpc) is 2.28. The van der Waals surface area contributed by atoms with Crippen LogP contribution in [0.5, 0.6) is 0 Å². The molecule has 1 unspecified atom stereocenters. The molecule has 98 valence electrons. The molecule has 1 atom stereocenters. The highest BCUT2D eigenvalue weighted by Crippen LogP contribution is 2.28. The Morgan fingerprint density at radius 1 is 0.750 bits per heavy atom. The first-order chi connectivity index (χ1) is 7.68. The van der Waals surface area contributed by atoms with Gasteiger partial charge < -0.3 is 5.73 Å². The molecule has 0 aromatic rings. The number of nitrogens with two attached hydrogens (primary N) is 1. The second kappa shape index (κ2) is 10.1. The van der Waals surface area contributed by atoms with Crippen molar-refractivity contribution in [2.45, 2.75) is 85.0 Å². The predicted molar refractivity (Wildman–Crippen MR) is 74.7 cm³/mol. The van der Waals surface area contributed by atoms with E-state index in [-0.39, 0.29) is 0 Å². The lowest BCUT2D eigenvalue weighted by Gasteiger charge is -2.27. The smallest absolute Gasteiger partial charge is 0.00232 e. The van der Waals surface area contributed by atoms with E-state index in [9.17, 15) is 0 Å². The van der Waals surface area contributed by atoms with Crippen molar-refractivity contribution in [1.82, 2.24) is 0 Å². The van der Waals surface area contributed by atoms with Crippen LogP contribution in [0.15, 0.2) is 0 Å². The summed E-state index contributed by atoms with van der Waals surface area (Å²) in [5.74, 6) is 0. The summed E-state index contributed by atoms with van der Waals surface area (Å²) in [7, 11) is 0. The molecule has 0 fully saturated rings. The Bertz CT molecular complexity index is 144. The second-order valence-corrected chi connectivity index (χ2v) is 5.64. The second-order valence-electron chi connectivity index (χ2n) is 5.64. The Balaban J connectivity index is 3.41. The number of rotatable bonds is 11. The van der Waals surface area contributed by atoms with Gasteiger partial charge in [-0.15, -0.1) is 0 Å². The maximum Gasteiger partial charge on any atom is -0.00232 e. The minimum Gasteiger partial charge on any atom is -0.330 e. The van der Waals surface area contributed by atoms with E-state index in [0.29, 0.717) is 5.41 Å². The molecule has 0 radical (unpaired) electrons. The lowest BCUT2D eigenvalue weighted by Crippen LogP contribution is -2.26. The Hall–Kier alpha value is -0.0400. The third-order valence-corrected chi connectivity index (χ3v) is 3.73. The van der Waals surface area contributed by atoms with Crippen molar-refractivity contribution in [3.05, 3.63) is 0 Å². The number of hydrogen-bond acceptors (Lipinski definition) is 1. The first-order valence-corrected chi connectivity index (χ1v) is 7.38. The molecule has 0 bridgehead atoms. The average molecular weight is 227 g/mol. The van der Waals surface area contributed by atoms with Crippen molar-refractivity contribution in [3.63, 3.8) is 0 Å². The molecule has 2 N–H and O–H groups in total. The quantitative estimate of drug-likeness (QED) is 0.500. The normalized spacial score (nSPS) is 15.0. The molecule has 0 saturated carbocycles. The molecule has 1 heteroatoms. The zero-order valence-corrected chi connectivity index (χ0v) is 11.9. The fourth-order valence-electron chi connectivity index (χ4n) is 2.44. The molecule has 0 aliphatic heterocycles. The third-order valence-electron chi connectivity index (χ3n) is 3.73. The summed E-state index contributed by atoms with van der Waals surface area (Å²) in [4.78, 5) is 0. The molecule has 1 nitrogen and oxygen atoms in total. The minimum absolute atomic E-state index is 0.415. The Morgan fingerprint density at radius 2 is 1.31 bits per heavy atom. The van der Waals surface area contributed by atoms with Crippen LogP contribution in [0.25, 0.3) is 0 Å². The van der Waals surface area contributed by atoms with Crippen LogP contribution >= 0.6 is 0 Å². The molecule has 0 aromatic carbocycles. The molecule has 0 saturated heterocycles. The maximum absolute atomic E-state index is 5.87. The van der Waals surface area contributed by atoms with E-state index in [4.69, 9.17) is 5.73 Å². The first kappa shape index (κ1) is 16.0. The largest absolute Gasteiger partial charge is 0.330 e. The summed E-state index contributed by atoms with van der Waals surface area (Å²) in [6, 6.07) is 0. The fourth-order valence-corrected chi connectivity index (χ4v) is 2.44. The van der Waals surface area contributed by atoms with E-state index in [2.05, 4.69) is 20.8 Å². The summed E-state index contributed by atoms with van der Waals surface area (Å²) >= 11 is 0. The highest BCUT2D eigenvalue weighted by Gasteiger charge is 2.20. The highest BCUT2D eigenvalue weighted by atomic mass is 14.6. The van der Waals surface area contributed by atoms with E-state index in [1.165, 1.54) is 64.2 Å². The van der Waals surface area contributed by atoms with Gasteiger partial charge in [0.2, 0.25) is 0 Å². The highest BCUT2D eigenvalue weighted by molar-refractivity contribution is 4.74. The minimum atomic E-state index is 0.415. The molecular weight excluding hydrogens is 194 g/mol. The van der Waals surface area contributed by atoms with E-state index >= 15 is 0 Å². The van der Waals surface area contributed by atoms with Crippen molar-refractivity contribution in [2.24, 2.45) is 11.1 Å². The van der Waals surface area contributed by atoms with Crippen molar-refractivity contribution in [2.75, 3.05) is 6.54 Å². The van der Waals surface area contributed by atoms with Crippen LogP contribution in [0, 0.1) is 5.41 Å². The first-order valence-electron chi connectivity index (χ1n) is 7.38. The SMILES string of the molecule is CCCCCCCCCC(C)(CN)CCC. The van der Waals surface area contributed by atoms with Crippen LogP contribution in [0.4, 0.5) is 0 Å². The molecular formula is C15H33N. The summed E-state index contributed by atoms with van der Waals surface area (Å²) < 4.78 is 0. The van der Waals surface area contributed by atoms with Gasteiger partial charge in [0, 0.05) is 0 Å². The van der Waals surface area contributed by atoms with Crippen LogP contribution in [0.3, 0.4) is 0 Å². The van der Waals surface area contributed by atoms with Gasteiger partial charge in [0.1, 0.15) is 0 Å².